The first-order valence-electron chi connectivity index (χ1n) is 10.3. The Kier molecular flexibility index (Phi) is 7.56. The summed E-state index contributed by atoms with van der Waals surface area (Å²) >= 11 is 1.49. The Morgan fingerprint density at radius 1 is 1.23 bits per heavy atom. The molecule has 31 heavy (non-hydrogen) atoms. The number of carbonyl (C=O) groups excluding carboxylic acids is 2. The molecule has 0 saturated heterocycles. The van der Waals surface area contributed by atoms with Crippen LogP contribution in [0.2, 0.25) is 0 Å². The van der Waals surface area contributed by atoms with Crippen LogP contribution in [0, 0.1) is 5.92 Å². The number of anilines is 1. The Morgan fingerprint density at radius 2 is 2.00 bits per heavy atom. The van der Waals surface area contributed by atoms with Gasteiger partial charge < -0.3 is 19.5 Å². The van der Waals surface area contributed by atoms with Crippen LogP contribution >= 0.6 is 11.3 Å². The molecular formula is C23H30N2O5S. The third kappa shape index (κ3) is 5.19. The number of ether oxygens (including phenoxy) is 3. The van der Waals surface area contributed by atoms with Gasteiger partial charge in [-0.3, -0.25) is 9.69 Å². The Bertz CT molecular complexity index is 956. The van der Waals surface area contributed by atoms with Crippen molar-refractivity contribution in [2.45, 2.75) is 32.7 Å². The van der Waals surface area contributed by atoms with Gasteiger partial charge >= 0.3 is 5.97 Å². The van der Waals surface area contributed by atoms with Crippen molar-refractivity contribution in [3.05, 3.63) is 39.8 Å². The van der Waals surface area contributed by atoms with Crippen molar-refractivity contribution in [3.8, 4) is 11.5 Å². The quantitative estimate of drug-likeness (QED) is 0.623. The molecule has 8 heteroatoms. The number of nitrogens with one attached hydrogen (secondary N) is 1. The number of likely N-dealkylation sites (N-methyl/N-ethyl adjacent to an activating group) is 1. The molecule has 168 valence electrons. The number of para-hydroxylation sites is 1. The number of nitrogens with zero attached hydrogens (tertiary/aromatic N) is 1. The van der Waals surface area contributed by atoms with Crippen LogP contribution in [0.3, 0.4) is 0 Å². The maximum Gasteiger partial charge on any atom is 0.341 e. The zero-order chi connectivity index (χ0) is 22.5. The number of amides is 1. The molecule has 1 aromatic heterocycles. The van der Waals surface area contributed by atoms with E-state index in [1.54, 1.807) is 14.2 Å². The molecule has 3 rings (SSSR count). The van der Waals surface area contributed by atoms with Crippen LogP contribution in [0.25, 0.3) is 0 Å². The molecule has 1 heterocycles. The van der Waals surface area contributed by atoms with E-state index in [1.807, 2.05) is 30.1 Å². The van der Waals surface area contributed by atoms with Crippen LogP contribution in [0.1, 0.15) is 39.7 Å². The first-order chi connectivity index (χ1) is 14.9. The predicted molar refractivity (Wildman–Crippen MR) is 121 cm³/mol. The van der Waals surface area contributed by atoms with Crippen LogP contribution < -0.4 is 14.8 Å². The van der Waals surface area contributed by atoms with E-state index >= 15 is 0 Å². The number of carbonyl (C=O) groups is 2. The fourth-order valence-corrected chi connectivity index (χ4v) is 5.41. The van der Waals surface area contributed by atoms with Crippen molar-refractivity contribution < 1.29 is 23.8 Å². The fraction of sp³-hybridized carbons (Fsp3) is 0.478. The maximum absolute atomic E-state index is 12.8. The van der Waals surface area contributed by atoms with Gasteiger partial charge in [0.2, 0.25) is 5.91 Å². The number of methoxy groups -OCH3 is 3. The first-order valence-corrected chi connectivity index (χ1v) is 11.1. The number of benzene rings is 1. The molecule has 0 aliphatic heterocycles. The smallest absolute Gasteiger partial charge is 0.341 e. The molecule has 0 radical (unpaired) electrons. The number of thiophene rings is 1. The molecule has 0 bridgehead atoms. The van der Waals surface area contributed by atoms with Gasteiger partial charge in [-0.25, -0.2) is 4.79 Å². The molecule has 1 amide bonds. The lowest BCUT2D eigenvalue weighted by Crippen LogP contribution is -2.30. The van der Waals surface area contributed by atoms with Crippen LogP contribution in [0.4, 0.5) is 5.00 Å². The van der Waals surface area contributed by atoms with E-state index in [0.717, 1.165) is 30.4 Å². The molecule has 0 saturated carbocycles. The van der Waals surface area contributed by atoms with E-state index in [-0.39, 0.29) is 12.5 Å². The predicted octanol–water partition coefficient (Wildman–Crippen LogP) is 3.75. The summed E-state index contributed by atoms with van der Waals surface area (Å²) in [6, 6.07) is 5.67. The van der Waals surface area contributed by atoms with Crippen molar-refractivity contribution in [2.24, 2.45) is 5.92 Å². The van der Waals surface area contributed by atoms with E-state index in [9.17, 15) is 9.59 Å². The van der Waals surface area contributed by atoms with Crippen molar-refractivity contribution in [3.63, 3.8) is 0 Å². The maximum atomic E-state index is 12.8. The monoisotopic (exact) mass is 446 g/mol. The minimum Gasteiger partial charge on any atom is -0.493 e. The minimum absolute atomic E-state index is 0.167. The lowest BCUT2D eigenvalue weighted by Gasteiger charge is -2.19. The van der Waals surface area contributed by atoms with E-state index in [2.05, 4.69) is 12.2 Å². The highest BCUT2D eigenvalue weighted by Gasteiger charge is 2.29. The summed E-state index contributed by atoms with van der Waals surface area (Å²) < 4.78 is 15.8. The average Bonchev–Trinajstić information content (AvgIpc) is 3.09. The van der Waals surface area contributed by atoms with Crippen LogP contribution in [-0.4, -0.2) is 51.7 Å². The molecule has 7 nitrogen and oxygen atoms in total. The summed E-state index contributed by atoms with van der Waals surface area (Å²) in [6.07, 6.45) is 2.80. The lowest BCUT2D eigenvalue weighted by atomic mass is 9.88. The van der Waals surface area contributed by atoms with E-state index in [0.29, 0.717) is 34.5 Å². The molecule has 1 atom stereocenters. The van der Waals surface area contributed by atoms with Gasteiger partial charge in [0.1, 0.15) is 5.00 Å². The number of fused-ring (bicyclic) bond motifs is 1. The summed E-state index contributed by atoms with van der Waals surface area (Å²) in [6.45, 7) is 2.89. The number of rotatable bonds is 8. The summed E-state index contributed by atoms with van der Waals surface area (Å²) in [5.74, 6) is 1.31. The summed E-state index contributed by atoms with van der Waals surface area (Å²) in [5, 5.41) is 3.53. The largest absolute Gasteiger partial charge is 0.493 e. The topological polar surface area (TPSA) is 77.1 Å². The SMILES string of the molecule is COC(=O)c1c(NC(=O)CN(C)Cc2cccc(OC)c2OC)sc2c1CC[C@@H](C)C2. The molecule has 1 aromatic carbocycles. The van der Waals surface area contributed by atoms with Crippen LogP contribution in [0.5, 0.6) is 11.5 Å². The van der Waals surface area contributed by atoms with Crippen molar-refractivity contribution >= 4 is 28.2 Å². The summed E-state index contributed by atoms with van der Waals surface area (Å²) in [7, 11) is 6.43. The van der Waals surface area contributed by atoms with Gasteiger partial charge in [-0.15, -0.1) is 11.3 Å². The van der Waals surface area contributed by atoms with E-state index in [4.69, 9.17) is 14.2 Å². The molecule has 0 fully saturated rings. The fourth-order valence-electron chi connectivity index (χ4n) is 3.99. The standard InChI is InChI=1S/C23H30N2O5S/c1-14-9-10-16-18(11-14)31-22(20(16)23(27)30-5)24-19(26)13-25(2)12-15-7-6-8-17(28-3)21(15)29-4/h6-8,14H,9-13H2,1-5H3,(H,24,26)/t14-/m1/s1. The van der Waals surface area contributed by atoms with Gasteiger partial charge in [-0.1, -0.05) is 19.1 Å². The normalized spacial score (nSPS) is 15.4. The van der Waals surface area contributed by atoms with E-state index < -0.39 is 5.97 Å². The number of esters is 1. The van der Waals surface area contributed by atoms with Gasteiger partial charge in [0, 0.05) is 17.0 Å². The van der Waals surface area contributed by atoms with E-state index in [1.165, 1.54) is 23.3 Å². The van der Waals surface area contributed by atoms with Gasteiger partial charge in [-0.05, 0) is 43.9 Å². The van der Waals surface area contributed by atoms with Gasteiger partial charge in [0.15, 0.2) is 11.5 Å². The highest BCUT2D eigenvalue weighted by atomic mass is 32.1. The first kappa shape index (κ1) is 23.1. The highest BCUT2D eigenvalue weighted by Crippen LogP contribution is 2.40. The second-order valence-corrected chi connectivity index (χ2v) is 9.03. The average molecular weight is 447 g/mol. The van der Waals surface area contributed by atoms with Gasteiger partial charge in [0.25, 0.3) is 0 Å². The zero-order valence-electron chi connectivity index (χ0n) is 18.7. The molecule has 0 spiro atoms. The number of hydrogen-bond donors (Lipinski definition) is 1. The van der Waals surface area contributed by atoms with Crippen LogP contribution in [0.15, 0.2) is 18.2 Å². The molecule has 1 aliphatic carbocycles. The molecule has 1 N–H and O–H groups in total. The number of hydrogen-bond acceptors (Lipinski definition) is 7. The van der Waals surface area contributed by atoms with Gasteiger partial charge in [-0.2, -0.15) is 0 Å². The Balaban J connectivity index is 1.72. The third-order valence-corrected chi connectivity index (χ3v) is 6.66. The molecule has 2 aromatic rings. The third-order valence-electron chi connectivity index (χ3n) is 5.49. The van der Waals surface area contributed by atoms with Crippen molar-refractivity contribution in [1.82, 2.24) is 4.90 Å². The van der Waals surface area contributed by atoms with Crippen molar-refractivity contribution in [1.29, 1.82) is 0 Å². The molecule has 1 aliphatic rings. The Morgan fingerprint density at radius 3 is 2.68 bits per heavy atom. The van der Waals surface area contributed by atoms with Crippen LogP contribution in [-0.2, 0) is 28.9 Å². The van der Waals surface area contributed by atoms with Gasteiger partial charge in [0.05, 0.1) is 33.4 Å². The summed E-state index contributed by atoms with van der Waals surface area (Å²) in [4.78, 5) is 28.3. The molecular weight excluding hydrogens is 416 g/mol. The second-order valence-electron chi connectivity index (χ2n) is 7.92. The zero-order valence-corrected chi connectivity index (χ0v) is 19.6. The second kappa shape index (κ2) is 10.2. The Hall–Kier alpha value is -2.58. The lowest BCUT2D eigenvalue weighted by molar-refractivity contribution is -0.117. The summed E-state index contributed by atoms with van der Waals surface area (Å²) in [5.41, 5.74) is 2.47. The molecule has 0 unspecified atom stereocenters. The Labute approximate surface area is 187 Å². The highest BCUT2D eigenvalue weighted by molar-refractivity contribution is 7.17. The minimum atomic E-state index is -0.392. The van der Waals surface area contributed by atoms with Crippen molar-refractivity contribution in [2.75, 3.05) is 40.2 Å².